The van der Waals surface area contributed by atoms with Crippen LogP contribution >= 0.6 is 11.3 Å². The number of nitrogens with zero attached hydrogens (tertiary/aromatic N) is 1. The van der Waals surface area contributed by atoms with Crippen LogP contribution in [0.2, 0.25) is 0 Å². The number of aliphatic imine (C=N–C) groups is 1. The maximum absolute atomic E-state index is 13.8. The van der Waals surface area contributed by atoms with Crippen molar-refractivity contribution in [2.45, 2.75) is 31.8 Å². The third kappa shape index (κ3) is 3.88. The van der Waals surface area contributed by atoms with Crippen molar-refractivity contribution in [2.75, 3.05) is 6.54 Å². The second-order valence-electron chi connectivity index (χ2n) is 5.50. The predicted molar refractivity (Wildman–Crippen MR) is 89.8 cm³/mol. The minimum absolute atomic E-state index is 0.0162. The molecule has 3 rings (SSSR count). The molecule has 1 aromatic heterocycles. The molecule has 23 heavy (non-hydrogen) atoms. The zero-order valence-corrected chi connectivity index (χ0v) is 13.7. The van der Waals surface area contributed by atoms with Gasteiger partial charge < -0.3 is 10.6 Å². The van der Waals surface area contributed by atoms with Crippen molar-refractivity contribution < 1.29 is 8.78 Å². The molecular formula is C17H19F2N3S. The first-order valence-electron chi connectivity index (χ1n) is 7.70. The minimum Gasteiger partial charge on any atom is -0.357 e. The highest BCUT2D eigenvalue weighted by Gasteiger charge is 2.42. The molecule has 0 bridgehead atoms. The van der Waals surface area contributed by atoms with Crippen molar-refractivity contribution in [3.05, 3.63) is 57.8 Å². The first-order valence-corrected chi connectivity index (χ1v) is 8.58. The fourth-order valence-electron chi connectivity index (χ4n) is 2.59. The summed E-state index contributed by atoms with van der Waals surface area (Å²) in [5.74, 6) is -0.397. The van der Waals surface area contributed by atoms with Crippen molar-refractivity contribution in [1.29, 1.82) is 0 Å². The highest BCUT2D eigenvalue weighted by molar-refractivity contribution is 7.09. The topological polar surface area (TPSA) is 36.4 Å². The average molecular weight is 335 g/mol. The number of benzene rings is 1. The second kappa shape index (κ2) is 7.08. The van der Waals surface area contributed by atoms with Crippen LogP contribution in [0.5, 0.6) is 0 Å². The van der Waals surface area contributed by atoms with E-state index in [1.165, 1.54) is 23.1 Å². The largest absolute Gasteiger partial charge is 0.357 e. The zero-order chi connectivity index (χ0) is 16.2. The summed E-state index contributed by atoms with van der Waals surface area (Å²) in [6, 6.07) is 8.06. The van der Waals surface area contributed by atoms with Crippen LogP contribution in [0.3, 0.4) is 0 Å². The highest BCUT2D eigenvalue weighted by atomic mass is 32.1. The van der Waals surface area contributed by atoms with Gasteiger partial charge in [0.25, 0.3) is 0 Å². The molecule has 0 saturated heterocycles. The summed E-state index contributed by atoms with van der Waals surface area (Å²) in [6.45, 7) is 3.32. The van der Waals surface area contributed by atoms with Crippen LogP contribution in [0.4, 0.5) is 8.78 Å². The van der Waals surface area contributed by atoms with E-state index in [4.69, 9.17) is 0 Å². The molecule has 0 amide bonds. The van der Waals surface area contributed by atoms with Gasteiger partial charge in [0.05, 0.1) is 6.54 Å². The Labute approximate surface area is 138 Å². The lowest BCUT2D eigenvalue weighted by molar-refractivity contribution is 0.553. The van der Waals surface area contributed by atoms with Gasteiger partial charge in [-0.2, -0.15) is 0 Å². The number of hydrogen-bond acceptors (Lipinski definition) is 2. The van der Waals surface area contributed by atoms with E-state index in [1.807, 2.05) is 24.4 Å². The Kier molecular flexibility index (Phi) is 4.91. The van der Waals surface area contributed by atoms with Crippen molar-refractivity contribution in [2.24, 2.45) is 4.99 Å². The Morgan fingerprint density at radius 2 is 2.04 bits per heavy atom. The van der Waals surface area contributed by atoms with Crippen LogP contribution in [0.1, 0.15) is 29.7 Å². The zero-order valence-electron chi connectivity index (χ0n) is 12.9. The molecule has 2 aromatic rings. The SMILES string of the molecule is CCNC(=NCc1cccs1)NC1CC1c1c(F)cccc1F. The van der Waals surface area contributed by atoms with Crippen molar-refractivity contribution in [3.63, 3.8) is 0 Å². The van der Waals surface area contributed by atoms with Crippen molar-refractivity contribution >= 4 is 17.3 Å². The smallest absolute Gasteiger partial charge is 0.191 e. The molecule has 1 fully saturated rings. The first kappa shape index (κ1) is 15.9. The third-order valence-corrected chi connectivity index (χ3v) is 4.66. The van der Waals surface area contributed by atoms with E-state index in [9.17, 15) is 8.78 Å². The van der Waals surface area contributed by atoms with Gasteiger partial charge in [0.2, 0.25) is 0 Å². The lowest BCUT2D eigenvalue weighted by Crippen LogP contribution is -2.39. The van der Waals surface area contributed by atoms with Gasteiger partial charge in [0, 0.05) is 28.9 Å². The number of guanidine groups is 1. The Morgan fingerprint density at radius 1 is 1.26 bits per heavy atom. The van der Waals surface area contributed by atoms with E-state index in [-0.39, 0.29) is 17.5 Å². The summed E-state index contributed by atoms with van der Waals surface area (Å²) in [7, 11) is 0. The second-order valence-corrected chi connectivity index (χ2v) is 6.54. The van der Waals surface area contributed by atoms with Gasteiger partial charge >= 0.3 is 0 Å². The molecule has 2 atom stereocenters. The predicted octanol–water partition coefficient (Wildman–Crippen LogP) is 3.64. The van der Waals surface area contributed by atoms with Gasteiger partial charge in [-0.3, -0.25) is 0 Å². The summed E-state index contributed by atoms with van der Waals surface area (Å²) in [5.41, 5.74) is 0.180. The summed E-state index contributed by atoms with van der Waals surface area (Å²) in [4.78, 5) is 5.70. The molecule has 6 heteroatoms. The molecule has 0 radical (unpaired) electrons. The lowest BCUT2D eigenvalue weighted by Gasteiger charge is -2.11. The number of rotatable bonds is 5. The standard InChI is InChI=1S/C17H19F2N3S/c1-2-20-17(21-10-11-5-4-8-23-11)22-15-9-12(15)16-13(18)6-3-7-14(16)19/h3-8,12,15H,2,9-10H2,1H3,(H2,20,21,22). The Bertz CT molecular complexity index is 665. The normalized spacial score (nSPS) is 20.4. The molecule has 0 spiro atoms. The lowest BCUT2D eigenvalue weighted by atomic mass is 10.1. The minimum atomic E-state index is -0.472. The van der Waals surface area contributed by atoms with Crippen LogP contribution in [0.25, 0.3) is 0 Å². The molecule has 122 valence electrons. The van der Waals surface area contributed by atoms with E-state index in [2.05, 4.69) is 15.6 Å². The third-order valence-electron chi connectivity index (χ3n) is 3.80. The molecular weight excluding hydrogens is 316 g/mol. The maximum atomic E-state index is 13.8. The molecule has 1 heterocycles. The highest BCUT2D eigenvalue weighted by Crippen LogP contribution is 2.43. The van der Waals surface area contributed by atoms with Gasteiger partial charge in [-0.15, -0.1) is 11.3 Å². The first-order chi connectivity index (χ1) is 11.2. The van der Waals surface area contributed by atoms with Crippen LogP contribution < -0.4 is 10.6 Å². The van der Waals surface area contributed by atoms with Gasteiger partial charge in [-0.1, -0.05) is 12.1 Å². The molecule has 1 aliphatic carbocycles. The van der Waals surface area contributed by atoms with Crippen molar-refractivity contribution in [3.8, 4) is 0 Å². The molecule has 0 aliphatic heterocycles. The quantitative estimate of drug-likeness (QED) is 0.646. The van der Waals surface area contributed by atoms with Gasteiger partial charge in [0.1, 0.15) is 11.6 Å². The van der Waals surface area contributed by atoms with E-state index in [0.29, 0.717) is 18.9 Å². The summed E-state index contributed by atoms with van der Waals surface area (Å²) >= 11 is 1.66. The Hall–Kier alpha value is -1.95. The summed E-state index contributed by atoms with van der Waals surface area (Å²) < 4.78 is 27.6. The molecule has 3 nitrogen and oxygen atoms in total. The van der Waals surface area contributed by atoms with Gasteiger partial charge in [-0.05, 0) is 36.9 Å². The fraction of sp³-hybridized carbons (Fsp3) is 0.353. The van der Waals surface area contributed by atoms with E-state index in [0.717, 1.165) is 6.54 Å². The number of hydrogen-bond donors (Lipinski definition) is 2. The van der Waals surface area contributed by atoms with Crippen LogP contribution in [-0.4, -0.2) is 18.5 Å². The maximum Gasteiger partial charge on any atom is 0.191 e. The Morgan fingerprint density at radius 3 is 2.70 bits per heavy atom. The molecule has 1 saturated carbocycles. The van der Waals surface area contributed by atoms with Gasteiger partial charge in [0.15, 0.2) is 5.96 Å². The van der Waals surface area contributed by atoms with Crippen LogP contribution in [0, 0.1) is 11.6 Å². The van der Waals surface area contributed by atoms with Crippen LogP contribution in [0.15, 0.2) is 40.7 Å². The van der Waals surface area contributed by atoms with Crippen molar-refractivity contribution in [1.82, 2.24) is 10.6 Å². The molecule has 2 unspecified atom stereocenters. The monoisotopic (exact) mass is 335 g/mol. The van der Waals surface area contributed by atoms with E-state index in [1.54, 1.807) is 11.3 Å². The number of halogens is 2. The molecule has 1 aromatic carbocycles. The van der Waals surface area contributed by atoms with Crippen LogP contribution in [-0.2, 0) is 6.54 Å². The number of nitrogens with one attached hydrogen (secondary N) is 2. The van der Waals surface area contributed by atoms with Gasteiger partial charge in [-0.25, -0.2) is 13.8 Å². The molecule has 2 N–H and O–H groups in total. The Balaban J connectivity index is 1.64. The molecule has 1 aliphatic rings. The fourth-order valence-corrected chi connectivity index (χ4v) is 3.22. The summed E-state index contributed by atoms with van der Waals surface area (Å²) in [5, 5.41) is 8.46. The summed E-state index contributed by atoms with van der Waals surface area (Å²) in [6.07, 6.45) is 0.710. The number of thiophene rings is 1. The average Bonchev–Trinajstić information content (AvgIpc) is 3.06. The van der Waals surface area contributed by atoms with E-state index < -0.39 is 11.6 Å². The van der Waals surface area contributed by atoms with E-state index >= 15 is 0 Å².